The lowest BCUT2D eigenvalue weighted by atomic mass is 10.1. The third-order valence-corrected chi connectivity index (χ3v) is 6.20. The summed E-state index contributed by atoms with van der Waals surface area (Å²) >= 11 is 0. The zero-order valence-electron chi connectivity index (χ0n) is 17.7. The summed E-state index contributed by atoms with van der Waals surface area (Å²) in [7, 11) is -1.10. The molecule has 0 aliphatic carbocycles. The van der Waals surface area contributed by atoms with E-state index in [2.05, 4.69) is 0 Å². The SMILES string of the molecule is COCC(=O)N(Cc1ccccc1OS(=O)(=O)c1ccc(OC)cc1)C[C@@H]1CCCO1. The molecule has 31 heavy (non-hydrogen) atoms. The molecule has 0 spiro atoms. The fourth-order valence-corrected chi connectivity index (χ4v) is 4.30. The van der Waals surface area contributed by atoms with Crippen LogP contribution in [0.5, 0.6) is 11.5 Å². The Morgan fingerprint density at radius 3 is 2.52 bits per heavy atom. The van der Waals surface area contributed by atoms with Crippen molar-refractivity contribution in [3.63, 3.8) is 0 Å². The zero-order valence-corrected chi connectivity index (χ0v) is 18.5. The minimum Gasteiger partial charge on any atom is -0.497 e. The summed E-state index contributed by atoms with van der Waals surface area (Å²) < 4.78 is 46.7. The van der Waals surface area contributed by atoms with E-state index in [4.69, 9.17) is 18.4 Å². The normalized spacial score (nSPS) is 16.1. The van der Waals surface area contributed by atoms with Crippen molar-refractivity contribution in [3.05, 3.63) is 54.1 Å². The number of benzene rings is 2. The average molecular weight is 450 g/mol. The summed E-state index contributed by atoms with van der Waals surface area (Å²) in [5.74, 6) is 0.507. The van der Waals surface area contributed by atoms with Gasteiger partial charge in [-0.25, -0.2) is 0 Å². The van der Waals surface area contributed by atoms with E-state index >= 15 is 0 Å². The smallest absolute Gasteiger partial charge is 0.339 e. The lowest BCUT2D eigenvalue weighted by molar-refractivity contribution is -0.137. The van der Waals surface area contributed by atoms with Crippen molar-refractivity contribution < 1.29 is 31.6 Å². The Kier molecular flexibility index (Phi) is 7.89. The first kappa shape index (κ1) is 23.1. The van der Waals surface area contributed by atoms with Crippen molar-refractivity contribution in [2.75, 3.05) is 34.0 Å². The molecule has 0 aromatic heterocycles. The zero-order chi connectivity index (χ0) is 22.3. The first-order valence-corrected chi connectivity index (χ1v) is 11.4. The molecule has 2 aromatic rings. The third-order valence-electron chi connectivity index (χ3n) is 4.95. The number of ether oxygens (including phenoxy) is 3. The molecule has 0 saturated carbocycles. The van der Waals surface area contributed by atoms with Gasteiger partial charge >= 0.3 is 10.1 Å². The molecule has 1 amide bonds. The van der Waals surface area contributed by atoms with E-state index in [0.717, 1.165) is 12.8 Å². The molecule has 1 saturated heterocycles. The second kappa shape index (κ2) is 10.6. The van der Waals surface area contributed by atoms with Crippen molar-refractivity contribution in [1.82, 2.24) is 4.90 Å². The monoisotopic (exact) mass is 449 g/mol. The van der Waals surface area contributed by atoms with E-state index in [0.29, 0.717) is 24.5 Å². The molecule has 0 unspecified atom stereocenters. The Balaban J connectivity index is 1.80. The Labute approximate surface area is 182 Å². The van der Waals surface area contributed by atoms with Crippen LogP contribution in [0.1, 0.15) is 18.4 Å². The lowest BCUT2D eigenvalue weighted by Gasteiger charge is -2.26. The highest BCUT2D eigenvalue weighted by Gasteiger charge is 2.25. The van der Waals surface area contributed by atoms with E-state index in [1.54, 1.807) is 41.3 Å². The Morgan fingerprint density at radius 2 is 1.87 bits per heavy atom. The van der Waals surface area contributed by atoms with Crippen molar-refractivity contribution in [2.45, 2.75) is 30.4 Å². The molecule has 1 aliphatic heterocycles. The van der Waals surface area contributed by atoms with Crippen LogP contribution in [-0.2, 0) is 30.9 Å². The van der Waals surface area contributed by atoms with Crippen LogP contribution in [0.4, 0.5) is 0 Å². The fourth-order valence-electron chi connectivity index (χ4n) is 3.33. The first-order valence-electron chi connectivity index (χ1n) is 9.97. The van der Waals surface area contributed by atoms with Gasteiger partial charge in [0.15, 0.2) is 0 Å². The van der Waals surface area contributed by atoms with Crippen LogP contribution in [-0.4, -0.2) is 59.3 Å². The largest absolute Gasteiger partial charge is 0.497 e. The van der Waals surface area contributed by atoms with Crippen LogP contribution in [0.2, 0.25) is 0 Å². The maximum Gasteiger partial charge on any atom is 0.339 e. The summed E-state index contributed by atoms with van der Waals surface area (Å²) in [5, 5.41) is 0. The van der Waals surface area contributed by atoms with E-state index < -0.39 is 10.1 Å². The van der Waals surface area contributed by atoms with Crippen molar-refractivity contribution in [3.8, 4) is 11.5 Å². The van der Waals surface area contributed by atoms with Gasteiger partial charge in [0.25, 0.3) is 0 Å². The van der Waals surface area contributed by atoms with Gasteiger partial charge in [-0.3, -0.25) is 4.79 Å². The first-order chi connectivity index (χ1) is 14.9. The number of carbonyl (C=O) groups excluding carboxylic acids is 1. The van der Waals surface area contributed by atoms with Gasteiger partial charge in [0.2, 0.25) is 5.91 Å². The molecule has 1 heterocycles. The van der Waals surface area contributed by atoms with Crippen LogP contribution < -0.4 is 8.92 Å². The van der Waals surface area contributed by atoms with Gasteiger partial charge in [0.1, 0.15) is 23.0 Å². The molecule has 1 atom stereocenters. The molecule has 0 N–H and O–H groups in total. The molecule has 3 rings (SSSR count). The van der Waals surface area contributed by atoms with E-state index in [1.807, 2.05) is 0 Å². The minimum absolute atomic E-state index is 0.00905. The van der Waals surface area contributed by atoms with E-state index in [1.165, 1.54) is 26.4 Å². The van der Waals surface area contributed by atoms with Gasteiger partial charge in [0, 0.05) is 32.4 Å². The van der Waals surface area contributed by atoms with Crippen molar-refractivity contribution >= 4 is 16.0 Å². The molecular weight excluding hydrogens is 422 g/mol. The average Bonchev–Trinajstić information content (AvgIpc) is 3.28. The number of carbonyl (C=O) groups is 1. The summed E-state index contributed by atoms with van der Waals surface area (Å²) in [5.41, 5.74) is 0.571. The number of methoxy groups -OCH3 is 2. The maximum atomic E-state index is 12.8. The van der Waals surface area contributed by atoms with Gasteiger partial charge in [-0.2, -0.15) is 8.42 Å². The number of rotatable bonds is 10. The molecule has 1 fully saturated rings. The van der Waals surface area contributed by atoms with E-state index in [-0.39, 0.29) is 35.8 Å². The molecule has 168 valence electrons. The summed E-state index contributed by atoms with van der Waals surface area (Å²) in [6.07, 6.45) is 1.79. The minimum atomic E-state index is -4.06. The molecule has 8 nitrogen and oxygen atoms in total. The van der Waals surface area contributed by atoms with Crippen LogP contribution in [0.25, 0.3) is 0 Å². The second-order valence-corrected chi connectivity index (χ2v) is 8.71. The molecular formula is C22H27NO7S. The van der Waals surface area contributed by atoms with Crippen molar-refractivity contribution in [2.24, 2.45) is 0 Å². The predicted octanol–water partition coefficient (Wildman–Crippen LogP) is 2.62. The van der Waals surface area contributed by atoms with Gasteiger partial charge < -0.3 is 23.3 Å². The Hall–Kier alpha value is -2.62. The van der Waals surface area contributed by atoms with Gasteiger partial charge in [-0.1, -0.05) is 18.2 Å². The lowest BCUT2D eigenvalue weighted by Crippen LogP contribution is -2.39. The summed E-state index contributed by atoms with van der Waals surface area (Å²) in [4.78, 5) is 14.2. The quantitative estimate of drug-likeness (QED) is 0.515. The summed E-state index contributed by atoms with van der Waals surface area (Å²) in [6.45, 7) is 1.19. The highest BCUT2D eigenvalue weighted by Crippen LogP contribution is 2.26. The van der Waals surface area contributed by atoms with Gasteiger partial charge in [0.05, 0.1) is 13.2 Å². The molecule has 2 aromatic carbocycles. The van der Waals surface area contributed by atoms with Gasteiger partial charge in [-0.15, -0.1) is 0 Å². The predicted molar refractivity (Wildman–Crippen MR) is 114 cm³/mol. The Bertz CT molecular complexity index is 970. The fraction of sp³-hybridized carbons (Fsp3) is 0.409. The van der Waals surface area contributed by atoms with Crippen LogP contribution in [0.3, 0.4) is 0 Å². The molecule has 9 heteroatoms. The number of para-hydroxylation sites is 1. The van der Waals surface area contributed by atoms with E-state index in [9.17, 15) is 13.2 Å². The maximum absolute atomic E-state index is 12.8. The Morgan fingerprint density at radius 1 is 1.13 bits per heavy atom. The second-order valence-electron chi connectivity index (χ2n) is 7.16. The number of nitrogens with zero attached hydrogens (tertiary/aromatic N) is 1. The highest BCUT2D eigenvalue weighted by molar-refractivity contribution is 7.87. The van der Waals surface area contributed by atoms with Gasteiger partial charge in [-0.05, 0) is 43.2 Å². The number of hydrogen-bond acceptors (Lipinski definition) is 7. The standard InChI is InChI=1S/C22H27NO7S/c1-27-16-22(24)23(15-19-7-5-13-29-19)14-17-6-3-4-8-21(17)30-31(25,26)20-11-9-18(28-2)10-12-20/h3-4,6,8-12,19H,5,7,13-16H2,1-2H3/t19-/m0/s1. The number of amides is 1. The molecule has 0 bridgehead atoms. The van der Waals surface area contributed by atoms with Crippen LogP contribution in [0, 0.1) is 0 Å². The van der Waals surface area contributed by atoms with Crippen LogP contribution >= 0.6 is 0 Å². The molecule has 1 aliphatic rings. The highest BCUT2D eigenvalue weighted by atomic mass is 32.2. The summed E-state index contributed by atoms with van der Waals surface area (Å²) in [6, 6.07) is 12.7. The number of hydrogen-bond donors (Lipinski definition) is 0. The van der Waals surface area contributed by atoms with Crippen LogP contribution in [0.15, 0.2) is 53.4 Å². The molecule has 0 radical (unpaired) electrons. The van der Waals surface area contributed by atoms with Crippen molar-refractivity contribution in [1.29, 1.82) is 0 Å². The topological polar surface area (TPSA) is 91.4 Å². The third kappa shape index (κ3) is 6.19.